The van der Waals surface area contributed by atoms with Gasteiger partial charge in [0.05, 0.1) is 19.2 Å². The van der Waals surface area contributed by atoms with Gasteiger partial charge in [-0.2, -0.15) is 0 Å². The van der Waals surface area contributed by atoms with E-state index in [1.165, 1.54) is 12.0 Å². The largest absolute Gasteiger partial charge is 0.381 e. The first-order chi connectivity index (χ1) is 9.25. The Kier molecular flexibility index (Phi) is 3.42. The molecule has 19 heavy (non-hydrogen) atoms. The summed E-state index contributed by atoms with van der Waals surface area (Å²) in [4.78, 5) is 6.63. The molecule has 2 aliphatic heterocycles. The number of hydrogen-bond donors (Lipinski definition) is 1. The molecule has 0 bridgehead atoms. The van der Waals surface area contributed by atoms with Crippen molar-refractivity contribution in [1.82, 2.24) is 0 Å². The second-order valence-corrected chi connectivity index (χ2v) is 5.45. The monoisotopic (exact) mass is 259 g/mol. The fourth-order valence-corrected chi connectivity index (χ4v) is 3.05. The molecule has 0 saturated carbocycles. The zero-order chi connectivity index (χ0) is 13.2. The van der Waals surface area contributed by atoms with Gasteiger partial charge in [-0.3, -0.25) is 4.99 Å². The molecule has 0 aliphatic carbocycles. The van der Waals surface area contributed by atoms with E-state index in [1.54, 1.807) is 0 Å². The first kappa shape index (κ1) is 12.5. The van der Waals surface area contributed by atoms with Crippen LogP contribution in [-0.4, -0.2) is 31.8 Å². The van der Waals surface area contributed by atoms with Gasteiger partial charge in [-0.15, -0.1) is 0 Å². The number of benzene rings is 1. The molecule has 3 rings (SSSR count). The summed E-state index contributed by atoms with van der Waals surface area (Å²) in [6, 6.07) is 8.81. The van der Waals surface area contributed by atoms with E-state index in [0.717, 1.165) is 31.9 Å². The Hall–Kier alpha value is -1.55. The van der Waals surface area contributed by atoms with Crippen LogP contribution < -0.4 is 10.6 Å². The highest BCUT2D eigenvalue weighted by Crippen LogP contribution is 2.29. The molecule has 2 N–H and O–H groups in total. The van der Waals surface area contributed by atoms with Crippen LogP contribution in [0.25, 0.3) is 0 Å². The molecule has 102 valence electrons. The zero-order valence-electron chi connectivity index (χ0n) is 11.4. The van der Waals surface area contributed by atoms with Crippen molar-refractivity contribution in [3.63, 3.8) is 0 Å². The Balaban J connectivity index is 1.85. The molecule has 1 fully saturated rings. The minimum atomic E-state index is 0.349. The van der Waals surface area contributed by atoms with E-state index in [-0.39, 0.29) is 0 Å². The molecule has 1 aromatic carbocycles. The lowest BCUT2D eigenvalue weighted by Gasteiger charge is -2.34. The number of anilines is 1. The molecule has 1 saturated heterocycles. The number of nitrogens with two attached hydrogens (primary N) is 1. The maximum absolute atomic E-state index is 6.09. The summed E-state index contributed by atoms with van der Waals surface area (Å²) < 4.78 is 5.62. The number of aliphatic imine (C=N–C) groups is 1. The summed E-state index contributed by atoms with van der Waals surface area (Å²) in [7, 11) is 0. The molecule has 0 amide bonds. The van der Waals surface area contributed by atoms with Crippen LogP contribution in [0, 0.1) is 12.8 Å². The van der Waals surface area contributed by atoms with E-state index in [9.17, 15) is 0 Å². The maximum atomic E-state index is 6.09. The van der Waals surface area contributed by atoms with E-state index in [2.05, 4.69) is 41.1 Å². The minimum absolute atomic E-state index is 0.349. The standard InChI is InChI=1S/C15H21N3O/c1-11-4-2-6-13(8-11)18-14(9-17-15(18)16)12-5-3-7-19-10-12/h2,4,6,8,12,14H,3,5,7,9-10H2,1H3,(H2,16,17). The van der Waals surface area contributed by atoms with Crippen molar-refractivity contribution in [3.8, 4) is 0 Å². The van der Waals surface area contributed by atoms with Crippen LogP contribution in [-0.2, 0) is 4.74 Å². The zero-order valence-corrected chi connectivity index (χ0v) is 11.4. The summed E-state index contributed by atoms with van der Waals surface area (Å²) in [5.41, 5.74) is 8.49. The van der Waals surface area contributed by atoms with Gasteiger partial charge in [-0.25, -0.2) is 0 Å². The summed E-state index contributed by atoms with van der Waals surface area (Å²) in [5.74, 6) is 1.17. The van der Waals surface area contributed by atoms with Crippen LogP contribution in [0.3, 0.4) is 0 Å². The van der Waals surface area contributed by atoms with Crippen molar-refractivity contribution in [3.05, 3.63) is 29.8 Å². The predicted molar refractivity (Wildman–Crippen MR) is 77.5 cm³/mol. The predicted octanol–water partition coefficient (Wildman–Crippen LogP) is 1.92. The van der Waals surface area contributed by atoms with Crippen LogP contribution in [0.2, 0.25) is 0 Å². The van der Waals surface area contributed by atoms with E-state index in [0.29, 0.717) is 17.9 Å². The van der Waals surface area contributed by atoms with Crippen molar-refractivity contribution >= 4 is 11.6 Å². The highest BCUT2D eigenvalue weighted by Gasteiger charge is 2.34. The average Bonchev–Trinajstić information content (AvgIpc) is 2.82. The number of guanidine groups is 1. The van der Waals surface area contributed by atoms with Gasteiger partial charge in [0, 0.05) is 18.2 Å². The molecule has 2 aliphatic rings. The van der Waals surface area contributed by atoms with Gasteiger partial charge in [0.15, 0.2) is 5.96 Å². The molecular formula is C15H21N3O. The molecule has 0 spiro atoms. The lowest BCUT2D eigenvalue weighted by molar-refractivity contribution is 0.0473. The summed E-state index contributed by atoms with van der Waals surface area (Å²) >= 11 is 0. The first-order valence-corrected chi connectivity index (χ1v) is 6.99. The fourth-order valence-electron chi connectivity index (χ4n) is 3.05. The molecule has 4 nitrogen and oxygen atoms in total. The van der Waals surface area contributed by atoms with E-state index in [4.69, 9.17) is 10.5 Å². The fraction of sp³-hybridized carbons (Fsp3) is 0.533. The third-order valence-electron chi connectivity index (χ3n) is 4.04. The van der Waals surface area contributed by atoms with Crippen molar-refractivity contribution in [2.45, 2.75) is 25.8 Å². The van der Waals surface area contributed by atoms with Crippen LogP contribution in [0.15, 0.2) is 29.3 Å². The van der Waals surface area contributed by atoms with Gasteiger partial charge in [0.1, 0.15) is 0 Å². The first-order valence-electron chi connectivity index (χ1n) is 6.99. The SMILES string of the molecule is Cc1cccc(N2C(N)=NCC2C2CCCOC2)c1. The highest BCUT2D eigenvalue weighted by atomic mass is 16.5. The quantitative estimate of drug-likeness (QED) is 0.883. The number of hydrogen-bond acceptors (Lipinski definition) is 4. The normalized spacial score (nSPS) is 27.4. The van der Waals surface area contributed by atoms with Gasteiger partial charge in [0.2, 0.25) is 0 Å². The van der Waals surface area contributed by atoms with Crippen molar-refractivity contribution in [2.24, 2.45) is 16.6 Å². The van der Waals surface area contributed by atoms with Crippen LogP contribution in [0.4, 0.5) is 5.69 Å². The van der Waals surface area contributed by atoms with Crippen molar-refractivity contribution in [2.75, 3.05) is 24.7 Å². The van der Waals surface area contributed by atoms with Gasteiger partial charge < -0.3 is 15.4 Å². The van der Waals surface area contributed by atoms with E-state index >= 15 is 0 Å². The molecule has 0 aromatic heterocycles. The van der Waals surface area contributed by atoms with E-state index in [1.807, 2.05) is 0 Å². The number of nitrogens with zero attached hydrogens (tertiary/aromatic N) is 2. The van der Waals surface area contributed by atoms with Gasteiger partial charge >= 0.3 is 0 Å². The number of ether oxygens (including phenoxy) is 1. The molecule has 0 radical (unpaired) electrons. The molecule has 4 heteroatoms. The van der Waals surface area contributed by atoms with E-state index < -0.39 is 0 Å². The van der Waals surface area contributed by atoms with Gasteiger partial charge in [0.25, 0.3) is 0 Å². The molecule has 2 unspecified atom stereocenters. The average molecular weight is 259 g/mol. The highest BCUT2D eigenvalue weighted by molar-refractivity contribution is 5.97. The molecule has 1 aromatic rings. The summed E-state index contributed by atoms with van der Waals surface area (Å²) in [5, 5.41) is 0. The third-order valence-corrected chi connectivity index (χ3v) is 4.04. The van der Waals surface area contributed by atoms with Gasteiger partial charge in [-0.1, -0.05) is 12.1 Å². The molecule has 2 atom stereocenters. The van der Waals surface area contributed by atoms with Crippen LogP contribution in [0.5, 0.6) is 0 Å². The summed E-state index contributed by atoms with van der Waals surface area (Å²) in [6.45, 7) is 4.61. The number of aryl methyl sites for hydroxylation is 1. The molecule has 2 heterocycles. The van der Waals surface area contributed by atoms with Gasteiger partial charge in [-0.05, 0) is 37.5 Å². The second kappa shape index (κ2) is 5.21. The van der Waals surface area contributed by atoms with Crippen LogP contribution >= 0.6 is 0 Å². The second-order valence-electron chi connectivity index (χ2n) is 5.45. The summed E-state index contributed by atoms with van der Waals surface area (Å²) in [6.07, 6.45) is 2.35. The lowest BCUT2D eigenvalue weighted by atomic mass is 9.93. The maximum Gasteiger partial charge on any atom is 0.196 e. The van der Waals surface area contributed by atoms with Crippen molar-refractivity contribution < 1.29 is 4.74 Å². The Labute approximate surface area is 114 Å². The Morgan fingerprint density at radius 1 is 1.42 bits per heavy atom. The smallest absolute Gasteiger partial charge is 0.196 e. The Morgan fingerprint density at radius 3 is 3.05 bits per heavy atom. The lowest BCUT2D eigenvalue weighted by Crippen LogP contribution is -2.47. The topological polar surface area (TPSA) is 50.8 Å². The number of rotatable bonds is 2. The van der Waals surface area contributed by atoms with Crippen molar-refractivity contribution in [1.29, 1.82) is 0 Å². The third kappa shape index (κ3) is 2.45. The molecular weight excluding hydrogens is 238 g/mol. The van der Waals surface area contributed by atoms with Crippen LogP contribution in [0.1, 0.15) is 18.4 Å². The Bertz CT molecular complexity index is 480. The Morgan fingerprint density at radius 2 is 2.32 bits per heavy atom. The minimum Gasteiger partial charge on any atom is -0.381 e.